The van der Waals surface area contributed by atoms with Crippen LogP contribution in [-0.2, 0) is 30.5 Å². The molecule has 0 radical (unpaired) electrons. The minimum absolute atomic E-state index is 0.0870. The summed E-state index contributed by atoms with van der Waals surface area (Å²) in [6, 6.07) is 4.90. The molecule has 1 unspecified atom stereocenters. The maximum Gasteiger partial charge on any atom is 0.322 e. The number of nitrogens with one attached hydrogen (secondary N) is 1. The minimum Gasteiger partial charge on any atom is -0.480 e. The van der Waals surface area contributed by atoms with Gasteiger partial charge in [-0.15, -0.1) is 0 Å². The van der Waals surface area contributed by atoms with E-state index in [-0.39, 0.29) is 26.1 Å². The molecule has 0 aliphatic carbocycles. The zero-order chi connectivity index (χ0) is 21.7. The molecular formula is C18H19Cl2N3O6. The number of likely N-dealkylation sites (tertiary alicyclic amines) is 1. The number of amides is 3. The van der Waals surface area contributed by atoms with Crippen molar-refractivity contribution in [3.8, 4) is 0 Å². The van der Waals surface area contributed by atoms with Crippen molar-refractivity contribution in [1.29, 1.82) is 0 Å². The summed E-state index contributed by atoms with van der Waals surface area (Å²) in [5, 5.41) is 11.4. The highest BCUT2D eigenvalue weighted by Gasteiger charge is 2.44. The van der Waals surface area contributed by atoms with Crippen molar-refractivity contribution in [3.05, 3.63) is 33.8 Å². The van der Waals surface area contributed by atoms with E-state index in [2.05, 4.69) is 5.32 Å². The molecule has 1 aromatic rings. The number of nitrogens with zero attached hydrogens (tertiary/aromatic N) is 2. The van der Waals surface area contributed by atoms with Gasteiger partial charge in [-0.25, -0.2) is 0 Å². The fourth-order valence-corrected chi connectivity index (χ4v) is 3.15. The molecule has 2 rings (SSSR count). The molecule has 1 aromatic carbocycles. The quantitative estimate of drug-likeness (QED) is 0.447. The molecule has 29 heavy (non-hydrogen) atoms. The van der Waals surface area contributed by atoms with Crippen molar-refractivity contribution in [2.75, 3.05) is 26.7 Å². The van der Waals surface area contributed by atoms with Gasteiger partial charge in [0.05, 0.1) is 10.0 Å². The molecule has 9 nitrogen and oxygen atoms in total. The molecular weight excluding hydrogens is 425 g/mol. The van der Waals surface area contributed by atoms with Crippen LogP contribution in [0.4, 0.5) is 0 Å². The Hall–Kier alpha value is -2.65. The van der Waals surface area contributed by atoms with Crippen LogP contribution in [0.3, 0.4) is 0 Å². The predicted octanol–water partition coefficient (Wildman–Crippen LogP) is 0.570. The largest absolute Gasteiger partial charge is 0.480 e. The van der Waals surface area contributed by atoms with Crippen LogP contribution < -0.4 is 5.32 Å². The highest BCUT2D eigenvalue weighted by atomic mass is 35.5. The first-order valence-corrected chi connectivity index (χ1v) is 9.36. The number of carbonyl (C=O) groups is 5. The van der Waals surface area contributed by atoms with Gasteiger partial charge in [0.15, 0.2) is 0 Å². The highest BCUT2D eigenvalue weighted by molar-refractivity contribution is 6.42. The van der Waals surface area contributed by atoms with E-state index in [4.69, 9.17) is 28.3 Å². The van der Waals surface area contributed by atoms with Crippen LogP contribution in [0.5, 0.6) is 0 Å². The molecule has 11 heteroatoms. The zero-order valence-corrected chi connectivity index (χ0v) is 17.0. The second kappa shape index (κ2) is 9.71. The Kier molecular flexibility index (Phi) is 7.58. The maximum absolute atomic E-state index is 12.6. The first-order valence-electron chi connectivity index (χ1n) is 8.60. The lowest BCUT2D eigenvalue weighted by molar-refractivity contribution is -0.144. The Morgan fingerprint density at radius 3 is 2.55 bits per heavy atom. The van der Waals surface area contributed by atoms with Gasteiger partial charge in [-0.2, -0.15) is 0 Å². The van der Waals surface area contributed by atoms with Crippen LogP contribution >= 0.6 is 23.2 Å². The molecule has 1 atom stereocenters. The van der Waals surface area contributed by atoms with Gasteiger partial charge < -0.3 is 20.2 Å². The molecule has 1 fully saturated rings. The standard InChI is InChI=1S/C18H19Cl2N3O6/c1-22(8-10-2-3-12(19)13(20)6-10)17(28)11-9-23(18(29)16(11)27)5-4-14(24)21-7-15(25)26/h2-3,6,11H,4-5,7-9H2,1H3,(H,21,24)(H,25,26). The number of rotatable bonds is 8. The van der Waals surface area contributed by atoms with Crippen molar-refractivity contribution in [2.45, 2.75) is 13.0 Å². The number of carboxylic acid groups (broad SMARTS) is 1. The van der Waals surface area contributed by atoms with E-state index in [1.807, 2.05) is 0 Å². The van der Waals surface area contributed by atoms with Crippen molar-refractivity contribution >= 4 is 52.7 Å². The number of hydrogen-bond donors (Lipinski definition) is 2. The first kappa shape index (κ1) is 22.6. The van der Waals surface area contributed by atoms with Crippen molar-refractivity contribution < 1.29 is 29.1 Å². The van der Waals surface area contributed by atoms with Gasteiger partial charge in [0.25, 0.3) is 5.91 Å². The van der Waals surface area contributed by atoms with Gasteiger partial charge in [-0.05, 0) is 17.7 Å². The molecule has 0 aromatic heterocycles. The topological polar surface area (TPSA) is 124 Å². The summed E-state index contributed by atoms with van der Waals surface area (Å²) >= 11 is 11.8. The Labute approximate surface area is 176 Å². The highest BCUT2D eigenvalue weighted by Crippen LogP contribution is 2.24. The number of Topliss-reactive ketones (excluding diaryl/α,β-unsaturated/α-hetero) is 1. The normalized spacial score (nSPS) is 16.1. The number of carboxylic acids is 1. The fourth-order valence-electron chi connectivity index (χ4n) is 2.83. The summed E-state index contributed by atoms with van der Waals surface area (Å²) < 4.78 is 0. The third-order valence-electron chi connectivity index (χ3n) is 4.34. The lowest BCUT2D eigenvalue weighted by Gasteiger charge is -2.21. The predicted molar refractivity (Wildman–Crippen MR) is 103 cm³/mol. The Bertz CT molecular complexity index is 860. The summed E-state index contributed by atoms with van der Waals surface area (Å²) in [6.45, 7) is -0.581. The number of ketones is 1. The molecule has 1 saturated heterocycles. The van der Waals surface area contributed by atoms with E-state index in [0.717, 1.165) is 4.90 Å². The molecule has 1 aliphatic rings. The Balaban J connectivity index is 1.94. The van der Waals surface area contributed by atoms with Gasteiger partial charge in [-0.3, -0.25) is 24.0 Å². The molecule has 3 amide bonds. The average molecular weight is 444 g/mol. The summed E-state index contributed by atoms with van der Waals surface area (Å²) in [4.78, 5) is 61.4. The molecule has 0 bridgehead atoms. The van der Waals surface area contributed by atoms with Gasteiger partial charge >= 0.3 is 5.97 Å². The second-order valence-corrected chi connectivity index (χ2v) is 7.35. The fraction of sp³-hybridized carbons (Fsp3) is 0.389. The third kappa shape index (κ3) is 5.91. The van der Waals surface area contributed by atoms with E-state index < -0.39 is 41.9 Å². The van der Waals surface area contributed by atoms with Crippen molar-refractivity contribution in [1.82, 2.24) is 15.1 Å². The van der Waals surface area contributed by atoms with Crippen LogP contribution in [0.1, 0.15) is 12.0 Å². The van der Waals surface area contributed by atoms with E-state index in [0.29, 0.717) is 15.6 Å². The molecule has 0 spiro atoms. The van der Waals surface area contributed by atoms with Crippen LogP contribution in [0.15, 0.2) is 18.2 Å². The SMILES string of the molecule is CN(Cc1ccc(Cl)c(Cl)c1)C(=O)C1CN(CCC(=O)NCC(=O)O)C(=O)C1=O. The maximum atomic E-state index is 12.6. The second-order valence-electron chi connectivity index (χ2n) is 6.53. The number of hydrogen-bond acceptors (Lipinski definition) is 5. The lowest BCUT2D eigenvalue weighted by Crippen LogP contribution is -2.37. The van der Waals surface area contributed by atoms with E-state index in [1.54, 1.807) is 18.2 Å². The molecule has 1 aliphatic heterocycles. The van der Waals surface area contributed by atoms with Crippen molar-refractivity contribution in [2.24, 2.45) is 5.92 Å². The van der Waals surface area contributed by atoms with Crippen LogP contribution in [0.25, 0.3) is 0 Å². The number of aliphatic carboxylic acids is 1. The number of halogens is 2. The number of benzene rings is 1. The van der Waals surface area contributed by atoms with Crippen LogP contribution in [-0.4, -0.2) is 71.1 Å². The van der Waals surface area contributed by atoms with Gasteiger partial charge in [-0.1, -0.05) is 29.3 Å². The van der Waals surface area contributed by atoms with Crippen LogP contribution in [0.2, 0.25) is 10.0 Å². The summed E-state index contributed by atoms with van der Waals surface area (Å²) in [5.41, 5.74) is 0.707. The monoisotopic (exact) mass is 443 g/mol. The van der Waals surface area contributed by atoms with E-state index in [9.17, 15) is 24.0 Å². The Morgan fingerprint density at radius 1 is 1.24 bits per heavy atom. The third-order valence-corrected chi connectivity index (χ3v) is 5.08. The summed E-state index contributed by atoms with van der Waals surface area (Å²) in [7, 11) is 1.50. The molecule has 2 N–H and O–H groups in total. The van der Waals surface area contributed by atoms with Gasteiger partial charge in [0.1, 0.15) is 12.5 Å². The van der Waals surface area contributed by atoms with Crippen LogP contribution in [0, 0.1) is 5.92 Å². The van der Waals surface area contributed by atoms with Crippen molar-refractivity contribution in [3.63, 3.8) is 0 Å². The summed E-state index contributed by atoms with van der Waals surface area (Å²) in [5.74, 6) is -5.11. The van der Waals surface area contributed by atoms with E-state index >= 15 is 0 Å². The average Bonchev–Trinajstić information content (AvgIpc) is 2.95. The number of carbonyl (C=O) groups excluding carboxylic acids is 4. The molecule has 1 heterocycles. The molecule has 0 saturated carbocycles. The van der Waals surface area contributed by atoms with Gasteiger partial charge in [0.2, 0.25) is 17.6 Å². The molecule has 156 valence electrons. The zero-order valence-electron chi connectivity index (χ0n) is 15.5. The Morgan fingerprint density at radius 2 is 1.93 bits per heavy atom. The minimum atomic E-state index is -1.19. The first-order chi connectivity index (χ1) is 13.6. The smallest absolute Gasteiger partial charge is 0.322 e. The summed E-state index contributed by atoms with van der Waals surface area (Å²) in [6.07, 6.45) is -0.174. The van der Waals surface area contributed by atoms with Gasteiger partial charge in [0, 0.05) is 33.1 Å². The lowest BCUT2D eigenvalue weighted by atomic mass is 10.1. The van der Waals surface area contributed by atoms with E-state index in [1.165, 1.54) is 11.9 Å².